The molecule has 4 N–H and O–H groups in total. The normalized spacial score (nSPS) is 20.9. The Balaban J connectivity index is 1.50. The van der Waals surface area contributed by atoms with Gasteiger partial charge < -0.3 is 20.5 Å². The molecule has 14 nitrogen and oxygen atoms in total. The molecule has 4 amide bonds. The molecule has 190 valence electrons. The summed E-state index contributed by atoms with van der Waals surface area (Å²) in [5.74, 6) is -3.49. The summed E-state index contributed by atoms with van der Waals surface area (Å²) in [6.45, 7) is 0.218. The number of hydrogen-bond donors (Lipinski definition) is 4. The van der Waals surface area contributed by atoms with E-state index >= 15 is 0 Å². The molecular weight excluding hydrogens is 474 g/mol. The maximum Gasteiger partial charge on any atom is 0.305 e. The van der Waals surface area contributed by atoms with Crippen molar-refractivity contribution < 1.29 is 33.9 Å². The zero-order chi connectivity index (χ0) is 25.8. The van der Waals surface area contributed by atoms with Gasteiger partial charge in [0.15, 0.2) is 0 Å². The highest BCUT2D eigenvalue weighted by molar-refractivity contribution is 5.96. The van der Waals surface area contributed by atoms with Crippen LogP contribution in [-0.4, -0.2) is 91.1 Å². The highest BCUT2D eigenvalue weighted by Crippen LogP contribution is 2.25. The fraction of sp³-hybridized carbons (Fsp3) is 0.455. The molecule has 2 aliphatic rings. The average Bonchev–Trinajstić information content (AvgIpc) is 3.30. The van der Waals surface area contributed by atoms with Gasteiger partial charge >= 0.3 is 5.97 Å². The van der Waals surface area contributed by atoms with Gasteiger partial charge in [-0.15, -0.1) is 0 Å². The molecular formula is C22H25N7O7. The Morgan fingerprint density at radius 3 is 2.78 bits per heavy atom. The molecule has 2 fully saturated rings. The van der Waals surface area contributed by atoms with Crippen LogP contribution >= 0.6 is 0 Å². The molecule has 2 saturated heterocycles. The third-order valence-electron chi connectivity index (χ3n) is 6.17. The summed E-state index contributed by atoms with van der Waals surface area (Å²) >= 11 is 0. The van der Waals surface area contributed by atoms with E-state index < -0.39 is 48.2 Å². The molecule has 36 heavy (non-hydrogen) atoms. The number of nitrogens with zero attached hydrogens (tertiary/aromatic N) is 4. The molecule has 4 rings (SSSR count). The summed E-state index contributed by atoms with van der Waals surface area (Å²) in [5, 5.41) is 26.7. The SMILES string of the molecule is O=C[C@H](CC(=O)O)NC(=O)[C@@H]1CCCN2C(=O)CC[C@H](NC(=O)Cc3cccc4n[nH]nc34)C(=O)N12. The lowest BCUT2D eigenvalue weighted by molar-refractivity contribution is -0.176. The van der Waals surface area contributed by atoms with Gasteiger partial charge in [-0.2, -0.15) is 15.4 Å². The lowest BCUT2D eigenvalue weighted by atomic mass is 10.0. The van der Waals surface area contributed by atoms with E-state index in [1.54, 1.807) is 18.2 Å². The Kier molecular flexibility index (Phi) is 7.22. The van der Waals surface area contributed by atoms with E-state index in [1.165, 1.54) is 5.01 Å². The van der Waals surface area contributed by atoms with Gasteiger partial charge in [-0.3, -0.25) is 29.0 Å². The number of aliphatic carboxylic acids is 1. The minimum absolute atomic E-state index is 0.0175. The standard InChI is InChI=1S/C22H25N7O7/c30-11-13(10-19(33)34)23-21(35)16-5-2-8-28-18(32)7-6-15(22(36)29(16)28)24-17(31)9-12-3-1-4-14-20(12)26-27-25-14/h1,3-4,11,13,15-16H,2,5-10H2,(H,23,35)(H,24,31)(H,33,34)(H,25,26,27)/t13-,15-,16-/m0/s1. The van der Waals surface area contributed by atoms with Crippen molar-refractivity contribution in [3.8, 4) is 0 Å². The topological polar surface area (TPSA) is 195 Å². The molecule has 0 unspecified atom stereocenters. The fourth-order valence-electron chi connectivity index (χ4n) is 4.49. The maximum atomic E-state index is 13.5. The number of hydrogen-bond acceptors (Lipinski definition) is 8. The number of aromatic nitrogens is 3. The molecule has 3 heterocycles. The highest BCUT2D eigenvalue weighted by Gasteiger charge is 2.44. The number of para-hydroxylation sites is 1. The van der Waals surface area contributed by atoms with Crippen molar-refractivity contribution in [2.45, 2.75) is 56.7 Å². The van der Waals surface area contributed by atoms with Gasteiger partial charge in [0.05, 0.1) is 18.9 Å². The number of amides is 4. The molecule has 2 aliphatic heterocycles. The first-order valence-electron chi connectivity index (χ1n) is 11.5. The van der Waals surface area contributed by atoms with Crippen LogP contribution in [0, 0.1) is 0 Å². The van der Waals surface area contributed by atoms with Crippen LogP contribution < -0.4 is 10.6 Å². The number of fused-ring (bicyclic) bond motifs is 2. The monoisotopic (exact) mass is 499 g/mol. The number of H-pyrrole nitrogens is 1. The largest absolute Gasteiger partial charge is 0.481 e. The van der Waals surface area contributed by atoms with Crippen LogP contribution in [0.1, 0.15) is 37.7 Å². The number of carbonyl (C=O) groups excluding carboxylic acids is 5. The van der Waals surface area contributed by atoms with Crippen LogP contribution in [0.5, 0.6) is 0 Å². The molecule has 1 aromatic carbocycles. The molecule has 0 saturated carbocycles. The third kappa shape index (κ3) is 5.16. The average molecular weight is 499 g/mol. The van der Waals surface area contributed by atoms with Crippen LogP contribution in [0.3, 0.4) is 0 Å². The second-order valence-electron chi connectivity index (χ2n) is 8.65. The molecule has 2 aromatic rings. The molecule has 1 aromatic heterocycles. The highest BCUT2D eigenvalue weighted by atomic mass is 16.4. The number of benzene rings is 1. The Hall–Kier alpha value is -4.36. The second-order valence-corrected chi connectivity index (χ2v) is 8.65. The van der Waals surface area contributed by atoms with Gasteiger partial charge in [0.1, 0.15) is 29.4 Å². The van der Waals surface area contributed by atoms with Crippen molar-refractivity contribution in [1.82, 2.24) is 36.1 Å². The van der Waals surface area contributed by atoms with E-state index in [0.717, 1.165) is 5.01 Å². The predicted octanol–water partition coefficient (Wildman–Crippen LogP) is -1.33. The van der Waals surface area contributed by atoms with Crippen molar-refractivity contribution in [3.05, 3.63) is 23.8 Å². The first kappa shape index (κ1) is 24.8. The first-order valence-corrected chi connectivity index (χ1v) is 11.5. The summed E-state index contributed by atoms with van der Waals surface area (Å²) in [4.78, 5) is 74.2. The number of nitrogens with one attached hydrogen (secondary N) is 3. The summed E-state index contributed by atoms with van der Waals surface area (Å²) in [7, 11) is 0. The third-order valence-corrected chi connectivity index (χ3v) is 6.17. The zero-order valence-corrected chi connectivity index (χ0v) is 19.2. The number of carboxylic acid groups (broad SMARTS) is 1. The quantitative estimate of drug-likeness (QED) is 0.318. The molecule has 0 radical (unpaired) electrons. The Bertz CT molecular complexity index is 1210. The minimum atomic E-state index is -1.28. The summed E-state index contributed by atoms with van der Waals surface area (Å²) < 4.78 is 0. The molecule has 0 spiro atoms. The van der Waals surface area contributed by atoms with Gasteiger partial charge in [0, 0.05) is 13.0 Å². The van der Waals surface area contributed by atoms with Gasteiger partial charge in [-0.25, -0.2) is 5.01 Å². The second kappa shape index (κ2) is 10.5. The van der Waals surface area contributed by atoms with E-state index in [1.807, 2.05) is 0 Å². The summed E-state index contributed by atoms with van der Waals surface area (Å²) in [5.41, 5.74) is 1.72. The van der Waals surface area contributed by atoms with Crippen LogP contribution in [0.4, 0.5) is 0 Å². The molecule has 0 aliphatic carbocycles. The molecule has 14 heteroatoms. The Labute approximate surface area is 204 Å². The van der Waals surface area contributed by atoms with E-state index in [2.05, 4.69) is 26.0 Å². The molecule has 0 bridgehead atoms. The van der Waals surface area contributed by atoms with Crippen LogP contribution in [-0.2, 0) is 35.2 Å². The van der Waals surface area contributed by atoms with Crippen molar-refractivity contribution >= 4 is 46.9 Å². The predicted molar refractivity (Wildman–Crippen MR) is 121 cm³/mol. The number of carboxylic acids is 1. The van der Waals surface area contributed by atoms with Crippen LogP contribution in [0.15, 0.2) is 18.2 Å². The number of rotatable bonds is 8. The van der Waals surface area contributed by atoms with E-state index in [0.29, 0.717) is 29.3 Å². The zero-order valence-electron chi connectivity index (χ0n) is 19.2. The smallest absolute Gasteiger partial charge is 0.305 e. The lowest BCUT2D eigenvalue weighted by Crippen LogP contribution is -2.64. The van der Waals surface area contributed by atoms with Crippen molar-refractivity contribution in [3.63, 3.8) is 0 Å². The summed E-state index contributed by atoms with van der Waals surface area (Å²) in [6, 6.07) is 1.72. The van der Waals surface area contributed by atoms with Gasteiger partial charge in [-0.05, 0) is 30.9 Å². The van der Waals surface area contributed by atoms with E-state index in [-0.39, 0.29) is 38.1 Å². The molecule has 3 atom stereocenters. The number of hydrazine groups is 1. The number of aromatic amines is 1. The number of aldehydes is 1. The van der Waals surface area contributed by atoms with E-state index in [9.17, 15) is 28.8 Å². The van der Waals surface area contributed by atoms with Crippen molar-refractivity contribution in [1.29, 1.82) is 0 Å². The van der Waals surface area contributed by atoms with Crippen LogP contribution in [0.25, 0.3) is 11.0 Å². The van der Waals surface area contributed by atoms with Gasteiger partial charge in [0.2, 0.25) is 17.7 Å². The van der Waals surface area contributed by atoms with Crippen molar-refractivity contribution in [2.75, 3.05) is 6.54 Å². The lowest BCUT2D eigenvalue weighted by Gasteiger charge is -2.43. The Morgan fingerprint density at radius 2 is 2.03 bits per heavy atom. The minimum Gasteiger partial charge on any atom is -0.481 e. The van der Waals surface area contributed by atoms with Gasteiger partial charge in [0.25, 0.3) is 5.91 Å². The van der Waals surface area contributed by atoms with Crippen LogP contribution in [0.2, 0.25) is 0 Å². The first-order chi connectivity index (χ1) is 17.3. The fourth-order valence-corrected chi connectivity index (χ4v) is 4.49. The maximum absolute atomic E-state index is 13.5. The number of carbonyl (C=O) groups is 6. The van der Waals surface area contributed by atoms with E-state index in [4.69, 9.17) is 5.11 Å². The van der Waals surface area contributed by atoms with Crippen molar-refractivity contribution in [2.24, 2.45) is 0 Å². The Morgan fingerprint density at radius 1 is 1.22 bits per heavy atom. The summed E-state index contributed by atoms with van der Waals surface area (Å²) in [6.07, 6.45) is 0.276. The van der Waals surface area contributed by atoms with Gasteiger partial charge in [-0.1, -0.05) is 12.1 Å².